The molecule has 0 aromatic heterocycles. The smallest absolute Gasteiger partial charge is 0.0944 e. The SMILES string of the molecule is CCOCC(CCl)OCC(O)CCl. The van der Waals surface area contributed by atoms with Gasteiger partial charge in [-0.3, -0.25) is 0 Å². The highest BCUT2D eigenvalue weighted by atomic mass is 35.5. The molecule has 80 valence electrons. The minimum atomic E-state index is -0.631. The van der Waals surface area contributed by atoms with Gasteiger partial charge in [0.25, 0.3) is 0 Å². The first-order chi connectivity index (χ1) is 6.24. The molecule has 13 heavy (non-hydrogen) atoms. The molecule has 0 bridgehead atoms. The first kappa shape index (κ1) is 13.5. The predicted molar refractivity (Wildman–Crippen MR) is 53.7 cm³/mol. The van der Waals surface area contributed by atoms with Gasteiger partial charge in [0.05, 0.1) is 37.2 Å². The standard InChI is InChI=1S/C8H16Cl2O3/c1-2-12-6-8(4-10)13-5-7(11)3-9/h7-8,11H,2-6H2,1H3. The Labute approximate surface area is 88.9 Å². The highest BCUT2D eigenvalue weighted by Crippen LogP contribution is 1.99. The van der Waals surface area contributed by atoms with Crippen LogP contribution in [-0.4, -0.2) is 48.9 Å². The van der Waals surface area contributed by atoms with Gasteiger partial charge in [-0.25, -0.2) is 0 Å². The second-order valence-electron chi connectivity index (χ2n) is 2.58. The Morgan fingerprint density at radius 2 is 1.92 bits per heavy atom. The van der Waals surface area contributed by atoms with Gasteiger partial charge in [-0.2, -0.15) is 0 Å². The van der Waals surface area contributed by atoms with Crippen molar-refractivity contribution < 1.29 is 14.6 Å². The monoisotopic (exact) mass is 230 g/mol. The van der Waals surface area contributed by atoms with Crippen LogP contribution in [0.4, 0.5) is 0 Å². The number of aliphatic hydroxyl groups is 1. The second-order valence-corrected chi connectivity index (χ2v) is 3.19. The van der Waals surface area contributed by atoms with E-state index in [1.54, 1.807) is 0 Å². The molecular weight excluding hydrogens is 215 g/mol. The van der Waals surface area contributed by atoms with Crippen LogP contribution >= 0.6 is 23.2 Å². The molecule has 0 aliphatic rings. The van der Waals surface area contributed by atoms with Gasteiger partial charge in [0.2, 0.25) is 0 Å². The van der Waals surface area contributed by atoms with E-state index < -0.39 is 6.10 Å². The third-order valence-electron chi connectivity index (χ3n) is 1.38. The highest BCUT2D eigenvalue weighted by molar-refractivity contribution is 6.18. The molecular formula is C8H16Cl2O3. The number of halogens is 2. The molecule has 0 aliphatic carbocycles. The zero-order valence-electron chi connectivity index (χ0n) is 7.71. The van der Waals surface area contributed by atoms with Crippen molar-refractivity contribution in [2.45, 2.75) is 19.1 Å². The van der Waals surface area contributed by atoms with Gasteiger partial charge >= 0.3 is 0 Å². The summed E-state index contributed by atoms with van der Waals surface area (Å²) in [7, 11) is 0. The lowest BCUT2D eigenvalue weighted by atomic mass is 10.4. The van der Waals surface area contributed by atoms with Crippen molar-refractivity contribution in [3.8, 4) is 0 Å². The molecule has 0 saturated carbocycles. The predicted octanol–water partition coefficient (Wildman–Crippen LogP) is 1.25. The molecule has 0 aromatic carbocycles. The van der Waals surface area contributed by atoms with Crippen molar-refractivity contribution in [3.05, 3.63) is 0 Å². The van der Waals surface area contributed by atoms with Gasteiger partial charge in [-0.05, 0) is 6.92 Å². The Kier molecular flexibility index (Phi) is 9.35. The van der Waals surface area contributed by atoms with Gasteiger partial charge in [0, 0.05) is 6.61 Å². The van der Waals surface area contributed by atoms with Crippen molar-refractivity contribution in [1.29, 1.82) is 0 Å². The van der Waals surface area contributed by atoms with Crippen molar-refractivity contribution in [2.75, 3.05) is 31.6 Å². The molecule has 0 amide bonds. The molecule has 0 saturated heterocycles. The summed E-state index contributed by atoms with van der Waals surface area (Å²) >= 11 is 11.0. The lowest BCUT2D eigenvalue weighted by Crippen LogP contribution is -2.27. The summed E-state index contributed by atoms with van der Waals surface area (Å²) in [6, 6.07) is 0. The largest absolute Gasteiger partial charge is 0.389 e. The maximum Gasteiger partial charge on any atom is 0.0944 e. The van der Waals surface area contributed by atoms with Crippen LogP contribution in [0.25, 0.3) is 0 Å². The summed E-state index contributed by atoms with van der Waals surface area (Å²) in [4.78, 5) is 0. The number of alkyl halides is 2. The summed E-state index contributed by atoms with van der Waals surface area (Å²) in [5.41, 5.74) is 0. The minimum Gasteiger partial charge on any atom is -0.389 e. The van der Waals surface area contributed by atoms with Gasteiger partial charge < -0.3 is 14.6 Å². The first-order valence-corrected chi connectivity index (χ1v) is 5.30. The quantitative estimate of drug-likeness (QED) is 0.639. The number of hydrogen-bond acceptors (Lipinski definition) is 3. The van der Waals surface area contributed by atoms with Gasteiger partial charge in [-0.15, -0.1) is 23.2 Å². The Balaban J connectivity index is 3.46. The van der Waals surface area contributed by atoms with Crippen molar-refractivity contribution in [3.63, 3.8) is 0 Å². The summed E-state index contributed by atoms with van der Waals surface area (Å²) in [6.07, 6.45) is -0.798. The van der Waals surface area contributed by atoms with Crippen LogP contribution in [-0.2, 0) is 9.47 Å². The highest BCUT2D eigenvalue weighted by Gasteiger charge is 2.10. The van der Waals surface area contributed by atoms with E-state index in [0.29, 0.717) is 19.1 Å². The summed E-state index contributed by atoms with van der Waals surface area (Å²) in [6.45, 7) is 3.19. The Bertz CT molecular complexity index is 114. The van der Waals surface area contributed by atoms with E-state index >= 15 is 0 Å². The fourth-order valence-corrected chi connectivity index (χ4v) is 0.945. The fourth-order valence-electron chi connectivity index (χ4n) is 0.678. The molecule has 0 aromatic rings. The van der Waals surface area contributed by atoms with Crippen LogP contribution in [0.5, 0.6) is 0 Å². The van der Waals surface area contributed by atoms with Crippen LogP contribution in [0, 0.1) is 0 Å². The molecule has 0 aliphatic heterocycles. The van der Waals surface area contributed by atoms with E-state index in [4.69, 9.17) is 37.8 Å². The molecule has 1 N–H and O–H groups in total. The minimum absolute atomic E-state index is 0.167. The zero-order valence-corrected chi connectivity index (χ0v) is 9.22. The van der Waals surface area contributed by atoms with Crippen molar-refractivity contribution in [2.24, 2.45) is 0 Å². The van der Waals surface area contributed by atoms with E-state index in [2.05, 4.69) is 0 Å². The second kappa shape index (κ2) is 9.03. The molecule has 2 unspecified atom stereocenters. The van der Waals surface area contributed by atoms with Crippen LogP contribution in [0.2, 0.25) is 0 Å². The maximum absolute atomic E-state index is 9.09. The van der Waals surface area contributed by atoms with E-state index in [1.807, 2.05) is 6.92 Å². The Morgan fingerprint density at radius 3 is 2.38 bits per heavy atom. The molecule has 0 spiro atoms. The number of aliphatic hydroxyl groups excluding tert-OH is 1. The van der Waals surface area contributed by atoms with Crippen LogP contribution in [0.1, 0.15) is 6.92 Å². The number of rotatable bonds is 8. The van der Waals surface area contributed by atoms with Gasteiger partial charge in [-0.1, -0.05) is 0 Å². The molecule has 2 atom stereocenters. The molecule has 5 heteroatoms. The average Bonchev–Trinajstić information content (AvgIpc) is 2.17. The van der Waals surface area contributed by atoms with E-state index in [-0.39, 0.29) is 18.6 Å². The summed E-state index contributed by atoms with van der Waals surface area (Å²) < 4.78 is 10.4. The third-order valence-corrected chi connectivity index (χ3v) is 2.08. The normalized spacial score (nSPS) is 15.7. The van der Waals surface area contributed by atoms with E-state index in [1.165, 1.54) is 0 Å². The molecule has 3 nitrogen and oxygen atoms in total. The molecule has 0 heterocycles. The van der Waals surface area contributed by atoms with Gasteiger partial charge in [0.1, 0.15) is 0 Å². The lowest BCUT2D eigenvalue weighted by molar-refractivity contribution is -0.0320. The number of ether oxygens (including phenoxy) is 2. The van der Waals surface area contributed by atoms with Crippen LogP contribution in [0.15, 0.2) is 0 Å². The molecule has 0 rings (SSSR count). The van der Waals surface area contributed by atoms with Crippen molar-refractivity contribution in [1.82, 2.24) is 0 Å². The first-order valence-electron chi connectivity index (χ1n) is 4.23. The van der Waals surface area contributed by atoms with E-state index in [0.717, 1.165) is 0 Å². The molecule has 0 fully saturated rings. The topological polar surface area (TPSA) is 38.7 Å². The zero-order chi connectivity index (χ0) is 10.1. The maximum atomic E-state index is 9.09. The Hall–Kier alpha value is 0.460. The Morgan fingerprint density at radius 1 is 1.23 bits per heavy atom. The third kappa shape index (κ3) is 7.52. The fraction of sp³-hybridized carbons (Fsp3) is 1.00. The van der Waals surface area contributed by atoms with Crippen molar-refractivity contribution >= 4 is 23.2 Å². The van der Waals surface area contributed by atoms with Gasteiger partial charge in [0.15, 0.2) is 0 Å². The average molecular weight is 231 g/mol. The summed E-state index contributed by atoms with van der Waals surface area (Å²) in [5, 5.41) is 9.09. The molecule has 0 radical (unpaired) electrons. The number of hydrogen-bond donors (Lipinski definition) is 1. The summed E-state index contributed by atoms with van der Waals surface area (Å²) in [5.74, 6) is 0.526. The lowest BCUT2D eigenvalue weighted by Gasteiger charge is -2.16. The van der Waals surface area contributed by atoms with E-state index in [9.17, 15) is 0 Å². The van der Waals surface area contributed by atoms with Crippen LogP contribution in [0.3, 0.4) is 0 Å². The van der Waals surface area contributed by atoms with Crippen LogP contribution < -0.4 is 0 Å².